The maximum absolute atomic E-state index is 13.2. The summed E-state index contributed by atoms with van der Waals surface area (Å²) in [7, 11) is 1.95. The van der Waals surface area contributed by atoms with Crippen LogP contribution in [0.5, 0.6) is 0 Å². The van der Waals surface area contributed by atoms with Gasteiger partial charge in [-0.25, -0.2) is 4.98 Å². The molecule has 2 N–H and O–H groups in total. The minimum atomic E-state index is -0.106. The van der Waals surface area contributed by atoms with Crippen molar-refractivity contribution in [2.45, 2.75) is 6.04 Å². The maximum Gasteiger partial charge on any atom is 0.275 e. The third kappa shape index (κ3) is 3.17. The van der Waals surface area contributed by atoms with Crippen molar-refractivity contribution < 1.29 is 4.79 Å². The normalized spacial score (nSPS) is 17.5. The Morgan fingerprint density at radius 3 is 3.00 bits per heavy atom. The Morgan fingerprint density at radius 1 is 1.40 bits per heavy atom. The van der Waals surface area contributed by atoms with E-state index in [0.717, 1.165) is 27.7 Å². The van der Waals surface area contributed by atoms with Crippen molar-refractivity contribution in [3.63, 3.8) is 0 Å². The van der Waals surface area contributed by atoms with Crippen LogP contribution in [0.1, 0.15) is 22.4 Å². The number of carbonyl (C=O) groups is 1. The van der Waals surface area contributed by atoms with Gasteiger partial charge >= 0.3 is 0 Å². The summed E-state index contributed by atoms with van der Waals surface area (Å²) in [5.41, 5.74) is 1.30. The monoisotopic (exact) mass is 424 g/mol. The first-order chi connectivity index (χ1) is 11.6. The molecule has 1 aliphatic heterocycles. The van der Waals surface area contributed by atoms with Gasteiger partial charge in [0.15, 0.2) is 5.69 Å². The fraction of sp³-hybridized carbons (Fsp3) is 0.312. The molecule has 7 nitrogen and oxygen atoms in total. The van der Waals surface area contributed by atoms with Crippen LogP contribution in [0.4, 0.5) is 0 Å². The minimum Gasteiger partial charge on any atom is -0.336 e. The molecule has 9 heteroatoms. The number of aryl methyl sites for hydroxylation is 1. The molecule has 0 bridgehead atoms. The van der Waals surface area contributed by atoms with E-state index in [-0.39, 0.29) is 24.4 Å². The van der Waals surface area contributed by atoms with Crippen LogP contribution in [0.2, 0.25) is 0 Å². The first kappa shape index (κ1) is 17.9. The highest BCUT2D eigenvalue weighted by molar-refractivity contribution is 9.10. The van der Waals surface area contributed by atoms with Crippen molar-refractivity contribution >= 4 is 45.1 Å². The minimum absolute atomic E-state index is 0. The number of benzene rings is 1. The molecule has 2 aromatic heterocycles. The largest absolute Gasteiger partial charge is 0.336 e. The summed E-state index contributed by atoms with van der Waals surface area (Å²) in [6, 6.07) is 5.66. The smallest absolute Gasteiger partial charge is 0.275 e. The highest BCUT2D eigenvalue weighted by Crippen LogP contribution is 2.26. The van der Waals surface area contributed by atoms with E-state index in [1.165, 1.54) is 0 Å². The average molecular weight is 426 g/mol. The van der Waals surface area contributed by atoms with Crippen molar-refractivity contribution in [1.29, 1.82) is 0 Å². The van der Waals surface area contributed by atoms with Crippen LogP contribution in [0, 0.1) is 0 Å². The van der Waals surface area contributed by atoms with Crippen molar-refractivity contribution in [2.75, 3.05) is 19.6 Å². The van der Waals surface area contributed by atoms with E-state index in [4.69, 9.17) is 0 Å². The predicted octanol–water partition coefficient (Wildman–Crippen LogP) is 2.27. The number of halogens is 2. The van der Waals surface area contributed by atoms with Gasteiger partial charge in [0.1, 0.15) is 11.9 Å². The molecule has 0 aliphatic carbocycles. The van der Waals surface area contributed by atoms with Gasteiger partial charge in [-0.15, -0.1) is 12.4 Å². The number of fused-ring (bicyclic) bond motifs is 1. The number of piperazine rings is 1. The van der Waals surface area contributed by atoms with Gasteiger partial charge in [0, 0.05) is 48.9 Å². The van der Waals surface area contributed by atoms with E-state index < -0.39 is 0 Å². The molecule has 3 aromatic rings. The van der Waals surface area contributed by atoms with Crippen molar-refractivity contribution in [2.24, 2.45) is 7.05 Å². The first-order valence-corrected chi connectivity index (χ1v) is 8.57. The van der Waals surface area contributed by atoms with Crippen molar-refractivity contribution in [1.82, 2.24) is 30.0 Å². The number of aromatic nitrogens is 4. The van der Waals surface area contributed by atoms with E-state index >= 15 is 0 Å². The lowest BCUT2D eigenvalue weighted by atomic mass is 10.1. The molecule has 1 aromatic carbocycles. The molecule has 132 valence electrons. The summed E-state index contributed by atoms with van der Waals surface area (Å²) in [5, 5.41) is 11.4. The zero-order chi connectivity index (χ0) is 16.7. The number of hydrogen-bond donors (Lipinski definition) is 2. The number of amides is 1. The predicted molar refractivity (Wildman–Crippen MR) is 101 cm³/mol. The highest BCUT2D eigenvalue weighted by atomic mass is 79.9. The van der Waals surface area contributed by atoms with Gasteiger partial charge in [-0.3, -0.25) is 9.89 Å². The Morgan fingerprint density at radius 2 is 2.24 bits per heavy atom. The average Bonchev–Trinajstić information content (AvgIpc) is 3.20. The fourth-order valence-electron chi connectivity index (χ4n) is 3.16. The van der Waals surface area contributed by atoms with Crippen LogP contribution in [0.25, 0.3) is 10.9 Å². The van der Waals surface area contributed by atoms with Gasteiger partial charge in [0.25, 0.3) is 5.91 Å². The van der Waals surface area contributed by atoms with Gasteiger partial charge in [-0.2, -0.15) is 5.10 Å². The zero-order valence-corrected chi connectivity index (χ0v) is 16.0. The Labute approximate surface area is 159 Å². The third-order valence-corrected chi connectivity index (χ3v) is 4.88. The zero-order valence-electron chi connectivity index (χ0n) is 13.6. The lowest BCUT2D eigenvalue weighted by Gasteiger charge is -2.35. The first-order valence-electron chi connectivity index (χ1n) is 7.77. The van der Waals surface area contributed by atoms with Gasteiger partial charge in [0.2, 0.25) is 0 Å². The fourth-order valence-corrected chi connectivity index (χ4v) is 3.52. The maximum atomic E-state index is 13.2. The molecule has 4 rings (SSSR count). The molecule has 0 saturated carbocycles. The summed E-state index contributed by atoms with van der Waals surface area (Å²) in [6.07, 6.45) is 3.65. The van der Waals surface area contributed by atoms with Crippen molar-refractivity contribution in [3.05, 3.63) is 46.6 Å². The number of nitrogens with zero attached hydrogens (tertiary/aromatic N) is 4. The van der Waals surface area contributed by atoms with Crippen LogP contribution >= 0.6 is 28.3 Å². The molecule has 1 unspecified atom stereocenters. The number of imidazole rings is 1. The molecule has 1 fully saturated rings. The Balaban J connectivity index is 0.00000182. The molecule has 1 atom stereocenters. The molecule has 25 heavy (non-hydrogen) atoms. The summed E-state index contributed by atoms with van der Waals surface area (Å²) in [4.78, 5) is 19.4. The summed E-state index contributed by atoms with van der Waals surface area (Å²) in [5.74, 6) is 0.797. The highest BCUT2D eigenvalue weighted by Gasteiger charge is 2.32. The molecular formula is C16H18BrClN6O. The van der Waals surface area contributed by atoms with Gasteiger partial charge in [-0.1, -0.05) is 15.9 Å². The van der Waals surface area contributed by atoms with Crippen LogP contribution in [0.15, 0.2) is 35.1 Å². The van der Waals surface area contributed by atoms with Crippen LogP contribution < -0.4 is 5.32 Å². The molecule has 1 saturated heterocycles. The molecule has 0 spiro atoms. The van der Waals surface area contributed by atoms with E-state index in [1.54, 1.807) is 6.20 Å². The number of rotatable bonds is 2. The Kier molecular flexibility index (Phi) is 5.12. The Hall–Kier alpha value is -1.90. The summed E-state index contributed by atoms with van der Waals surface area (Å²) < 4.78 is 2.88. The summed E-state index contributed by atoms with van der Waals surface area (Å²) >= 11 is 3.46. The lowest BCUT2D eigenvalue weighted by molar-refractivity contribution is 0.0616. The number of hydrogen-bond acceptors (Lipinski definition) is 4. The summed E-state index contributed by atoms with van der Waals surface area (Å²) in [6.45, 7) is 2.07. The number of H-pyrrole nitrogens is 1. The van der Waals surface area contributed by atoms with Crippen molar-refractivity contribution in [3.8, 4) is 0 Å². The van der Waals surface area contributed by atoms with E-state index in [2.05, 4.69) is 36.4 Å². The quantitative estimate of drug-likeness (QED) is 0.660. The molecule has 1 amide bonds. The number of nitrogens with one attached hydrogen (secondary N) is 2. The topological polar surface area (TPSA) is 78.8 Å². The molecular weight excluding hydrogens is 408 g/mol. The van der Waals surface area contributed by atoms with Crippen LogP contribution in [-0.4, -0.2) is 50.2 Å². The molecule has 0 radical (unpaired) electrons. The van der Waals surface area contributed by atoms with Crippen LogP contribution in [-0.2, 0) is 7.05 Å². The van der Waals surface area contributed by atoms with E-state index in [9.17, 15) is 4.79 Å². The van der Waals surface area contributed by atoms with Gasteiger partial charge in [-0.05, 0) is 18.2 Å². The van der Waals surface area contributed by atoms with Gasteiger partial charge < -0.3 is 14.8 Å². The second-order valence-electron chi connectivity index (χ2n) is 5.88. The Bertz CT molecular complexity index is 907. The molecule has 1 aliphatic rings. The molecule has 3 heterocycles. The lowest BCUT2D eigenvalue weighted by Crippen LogP contribution is -2.49. The SMILES string of the molecule is Cl.Cn1ccnc1C1CNCCN1C(=O)c1n[nH]c2ccc(Br)cc12. The number of aromatic amines is 1. The van der Waals surface area contributed by atoms with E-state index in [1.807, 2.05) is 40.9 Å². The second kappa shape index (κ2) is 7.15. The third-order valence-electron chi connectivity index (χ3n) is 4.39. The van der Waals surface area contributed by atoms with Gasteiger partial charge in [0.05, 0.1) is 5.52 Å². The number of carbonyl (C=O) groups excluding carboxylic acids is 1. The van der Waals surface area contributed by atoms with E-state index in [0.29, 0.717) is 18.8 Å². The standard InChI is InChI=1S/C16H17BrN6O.ClH/c1-22-6-5-19-15(22)13-9-18-4-7-23(13)16(24)14-11-8-10(17)2-3-12(11)20-21-14;/h2-3,5-6,8,13,18H,4,7,9H2,1H3,(H,20,21);1H. The second-order valence-corrected chi connectivity index (χ2v) is 6.79. The van der Waals surface area contributed by atoms with Crippen LogP contribution in [0.3, 0.4) is 0 Å².